The molecule has 0 heterocycles. The highest BCUT2D eigenvalue weighted by atomic mass is 16.5. The lowest BCUT2D eigenvalue weighted by Gasteiger charge is -2.28. The third-order valence-corrected chi connectivity index (χ3v) is 8.00. The molecule has 0 saturated heterocycles. The quantitative estimate of drug-likeness (QED) is 0.0727. The molecule has 268 valence electrons. The molecule has 12 heteroatoms. The molecule has 0 fully saturated rings. The van der Waals surface area contributed by atoms with Crippen LogP contribution in [0.5, 0.6) is 5.75 Å². The van der Waals surface area contributed by atoms with Crippen LogP contribution < -0.4 is 32.2 Å². The van der Waals surface area contributed by atoms with E-state index in [-0.39, 0.29) is 44.0 Å². The van der Waals surface area contributed by atoms with Crippen molar-refractivity contribution in [3.8, 4) is 5.75 Å². The number of hydrogen-bond acceptors (Lipinski definition) is 9. The highest BCUT2D eigenvalue weighted by Crippen LogP contribution is 2.33. The molecule has 0 aromatic heterocycles. The van der Waals surface area contributed by atoms with Crippen molar-refractivity contribution in [1.82, 2.24) is 16.0 Å². The van der Waals surface area contributed by atoms with Gasteiger partial charge in [-0.3, -0.25) is 14.4 Å². The minimum atomic E-state index is -1.62. The summed E-state index contributed by atoms with van der Waals surface area (Å²) in [4.78, 5) is 38.1. The first-order chi connectivity index (χ1) is 24.8. The van der Waals surface area contributed by atoms with Gasteiger partial charge < -0.3 is 47.1 Å². The summed E-state index contributed by atoms with van der Waals surface area (Å²) in [6, 6.07) is 21.8. The van der Waals surface area contributed by atoms with Crippen molar-refractivity contribution < 1.29 is 34.1 Å². The van der Waals surface area contributed by atoms with E-state index in [9.17, 15) is 24.6 Å². The molecule has 3 aromatic rings. The van der Waals surface area contributed by atoms with Gasteiger partial charge in [0, 0.05) is 31.6 Å². The highest BCUT2D eigenvalue weighted by molar-refractivity contribution is 5.91. The second-order valence-electron chi connectivity index (χ2n) is 11.7. The Balaban J connectivity index is 1.68. The van der Waals surface area contributed by atoms with Gasteiger partial charge in [0.15, 0.2) is 5.76 Å². The first-order valence-electron chi connectivity index (χ1n) is 16.7. The van der Waals surface area contributed by atoms with Crippen molar-refractivity contribution in [3.63, 3.8) is 0 Å². The van der Waals surface area contributed by atoms with E-state index in [1.807, 2.05) is 85.0 Å². The first-order valence-corrected chi connectivity index (χ1v) is 16.7. The number of ether oxygens (including phenoxy) is 2. The van der Waals surface area contributed by atoms with Gasteiger partial charge in [0.25, 0.3) is 0 Å². The number of aliphatic hydroxyl groups is 2. The molecule has 0 bridgehead atoms. The Morgan fingerprint density at radius 2 is 1.61 bits per heavy atom. The molecule has 1 aliphatic carbocycles. The standard InChI is InChI=1S/C39H45N5O7/c40-19-20-42-39(49)36(44-38(48)34(43-26-45)22-31(46)23-41)37(47)33-21-30(17-18-35(33)51-25-28-11-5-2-6-12-28)29-13-7-15-32(16-8-14-29)50-24-27-9-3-1-4-10-27/h1-13,16-18,21,26,31,34,36-37,46-47H,14,19-20,22-25,40-41H2,(H,42,49)(H,43,45)(H,44,48)/b16-8-,29-13+/t15?,31?,34-,36?,37?/m0/s1. The molecule has 51 heavy (non-hydrogen) atoms. The van der Waals surface area contributed by atoms with E-state index in [1.165, 1.54) is 0 Å². The van der Waals surface area contributed by atoms with E-state index in [0.717, 1.165) is 22.3 Å². The second kappa shape index (κ2) is 20.2. The summed E-state index contributed by atoms with van der Waals surface area (Å²) in [7, 11) is 0. The van der Waals surface area contributed by atoms with Gasteiger partial charge in [0.05, 0.1) is 6.10 Å². The van der Waals surface area contributed by atoms with Crippen molar-refractivity contribution in [1.29, 1.82) is 0 Å². The van der Waals surface area contributed by atoms with Gasteiger partial charge in [0.2, 0.25) is 18.2 Å². The maximum Gasteiger partial charge on any atom is 0.245 e. The second-order valence-corrected chi connectivity index (χ2v) is 11.7. The van der Waals surface area contributed by atoms with Gasteiger partial charge in [-0.2, -0.15) is 0 Å². The fourth-order valence-corrected chi connectivity index (χ4v) is 5.25. The van der Waals surface area contributed by atoms with E-state index in [2.05, 4.69) is 21.7 Å². The average molecular weight is 696 g/mol. The number of nitrogens with one attached hydrogen (secondary N) is 3. The number of rotatable bonds is 19. The summed E-state index contributed by atoms with van der Waals surface area (Å²) >= 11 is 0. The van der Waals surface area contributed by atoms with E-state index < -0.39 is 36.1 Å². The summed E-state index contributed by atoms with van der Waals surface area (Å²) in [5.74, 6) is -0.650. The molecule has 3 aromatic carbocycles. The lowest BCUT2D eigenvalue weighted by atomic mass is 9.93. The molecule has 3 unspecified atom stereocenters. The maximum atomic E-state index is 13.5. The summed E-state index contributed by atoms with van der Waals surface area (Å²) in [6.45, 7) is 0.612. The first kappa shape index (κ1) is 38.3. The van der Waals surface area contributed by atoms with Crippen molar-refractivity contribution in [3.05, 3.63) is 137 Å². The number of benzene rings is 3. The van der Waals surface area contributed by atoms with Crippen LogP contribution in [0.3, 0.4) is 0 Å². The molecule has 9 N–H and O–H groups in total. The van der Waals surface area contributed by atoms with Gasteiger partial charge in [0.1, 0.15) is 37.2 Å². The van der Waals surface area contributed by atoms with Crippen LogP contribution in [0.4, 0.5) is 0 Å². The van der Waals surface area contributed by atoms with Crippen LogP contribution in [0.25, 0.3) is 5.57 Å². The molecule has 3 amide bonds. The molecule has 0 aliphatic heterocycles. The number of aliphatic hydroxyl groups excluding tert-OH is 2. The number of carbonyl (C=O) groups is 3. The average Bonchev–Trinajstić information content (AvgIpc) is 3.15. The molecule has 4 atom stereocenters. The van der Waals surface area contributed by atoms with Crippen LogP contribution in [0.15, 0.2) is 115 Å². The van der Waals surface area contributed by atoms with Crippen LogP contribution in [0, 0.1) is 0 Å². The maximum absolute atomic E-state index is 13.5. The van der Waals surface area contributed by atoms with Gasteiger partial charge in [-0.25, -0.2) is 0 Å². The Bertz CT molecular complexity index is 1720. The molecular weight excluding hydrogens is 650 g/mol. The van der Waals surface area contributed by atoms with Crippen molar-refractivity contribution >= 4 is 23.8 Å². The van der Waals surface area contributed by atoms with Crippen LogP contribution in [-0.2, 0) is 32.3 Å². The Morgan fingerprint density at radius 1 is 0.922 bits per heavy atom. The molecule has 0 saturated carbocycles. The lowest BCUT2D eigenvalue weighted by molar-refractivity contribution is -0.133. The molecule has 0 spiro atoms. The Morgan fingerprint density at radius 3 is 2.25 bits per heavy atom. The van der Waals surface area contributed by atoms with E-state index >= 15 is 0 Å². The Hall–Kier alpha value is -5.49. The van der Waals surface area contributed by atoms with Crippen molar-refractivity contribution in [2.24, 2.45) is 11.5 Å². The monoisotopic (exact) mass is 695 g/mol. The number of nitrogens with two attached hydrogens (primary N) is 2. The lowest BCUT2D eigenvalue weighted by Crippen LogP contribution is -2.56. The highest BCUT2D eigenvalue weighted by Gasteiger charge is 2.34. The summed E-state index contributed by atoms with van der Waals surface area (Å²) in [6.07, 6.45) is 5.33. The molecular formula is C39H45N5O7. The number of hydrogen-bond donors (Lipinski definition) is 7. The summed E-state index contributed by atoms with van der Waals surface area (Å²) in [5, 5.41) is 29.5. The summed E-state index contributed by atoms with van der Waals surface area (Å²) in [5.41, 5.74) is 18.0. The normalized spacial score (nSPS) is 16.4. The minimum Gasteiger partial charge on any atom is -0.489 e. The van der Waals surface area contributed by atoms with Crippen molar-refractivity contribution in [2.45, 2.75) is 50.3 Å². The number of carbonyl (C=O) groups excluding carboxylic acids is 3. The van der Waals surface area contributed by atoms with Gasteiger partial charge in [-0.05, 0) is 53.0 Å². The Kier molecular flexibility index (Phi) is 15.2. The summed E-state index contributed by atoms with van der Waals surface area (Å²) < 4.78 is 12.1. The predicted octanol–water partition coefficient (Wildman–Crippen LogP) is 2.28. The zero-order valence-corrected chi connectivity index (χ0v) is 28.2. The van der Waals surface area contributed by atoms with E-state index in [1.54, 1.807) is 18.2 Å². The molecule has 4 rings (SSSR count). The van der Waals surface area contributed by atoms with Crippen LogP contribution in [0.2, 0.25) is 0 Å². The molecule has 1 aliphatic rings. The van der Waals surface area contributed by atoms with Crippen molar-refractivity contribution in [2.75, 3.05) is 19.6 Å². The zero-order chi connectivity index (χ0) is 36.4. The number of amides is 3. The van der Waals surface area contributed by atoms with Gasteiger partial charge in [-0.15, -0.1) is 0 Å². The SMILES string of the molecule is NCCNC(=O)C(NC(=O)[C@H](CC(O)CN)NC=O)C(O)c1cc(/C2=C/C=C=C(OCc3ccccc3)/C=C\C2)ccc1OCc1ccccc1. The predicted molar refractivity (Wildman–Crippen MR) is 193 cm³/mol. The van der Waals surface area contributed by atoms with Crippen LogP contribution >= 0.6 is 0 Å². The number of allylic oxidation sites excluding steroid dienone is 4. The Labute approximate surface area is 297 Å². The van der Waals surface area contributed by atoms with Gasteiger partial charge in [-0.1, -0.05) is 84.6 Å². The third-order valence-electron chi connectivity index (χ3n) is 8.00. The molecule has 12 nitrogen and oxygen atoms in total. The zero-order valence-electron chi connectivity index (χ0n) is 28.2. The fourth-order valence-electron chi connectivity index (χ4n) is 5.25. The smallest absolute Gasteiger partial charge is 0.245 e. The van der Waals surface area contributed by atoms with Gasteiger partial charge >= 0.3 is 0 Å². The van der Waals surface area contributed by atoms with Crippen LogP contribution in [-0.4, -0.2) is 66.3 Å². The topological polar surface area (TPSA) is 198 Å². The third kappa shape index (κ3) is 11.8. The minimum absolute atomic E-state index is 0.0767. The fraction of sp³-hybridized carbons (Fsp3) is 0.282. The van der Waals surface area contributed by atoms with E-state index in [4.69, 9.17) is 20.9 Å². The molecule has 0 radical (unpaired) electrons. The largest absolute Gasteiger partial charge is 0.489 e. The van der Waals surface area contributed by atoms with E-state index in [0.29, 0.717) is 25.2 Å². The van der Waals surface area contributed by atoms with Crippen LogP contribution in [0.1, 0.15) is 41.2 Å².